The molecule has 0 aromatic rings. The monoisotopic (exact) mass is 431 g/mol. The summed E-state index contributed by atoms with van der Waals surface area (Å²) in [5, 5.41) is 20.8. The van der Waals surface area contributed by atoms with Crippen LogP contribution in [0.1, 0.15) is 46.5 Å². The van der Waals surface area contributed by atoms with Gasteiger partial charge in [-0.15, -0.1) is 0 Å². The van der Waals surface area contributed by atoms with Crippen LogP contribution in [0, 0.1) is 40.4 Å². The third-order valence-corrected chi connectivity index (χ3v) is 8.79. The van der Waals surface area contributed by atoms with Crippen molar-refractivity contribution < 1.29 is 29.4 Å². The normalized spacial score (nSPS) is 43.5. The minimum Gasteiger partial charge on any atom is -0.458 e. The Bertz CT molecular complexity index is 849. The van der Waals surface area contributed by atoms with Crippen molar-refractivity contribution >= 4 is 17.5 Å². The van der Waals surface area contributed by atoms with Crippen LogP contribution in [0.25, 0.3) is 0 Å². The van der Waals surface area contributed by atoms with Gasteiger partial charge in [0.25, 0.3) is 0 Å². The predicted octanol–water partition coefficient (Wildman–Crippen LogP) is 2.22. The van der Waals surface area contributed by atoms with E-state index in [4.69, 9.17) is 4.74 Å². The van der Waals surface area contributed by atoms with E-state index in [0.717, 1.165) is 24.8 Å². The molecule has 0 spiro atoms. The third kappa shape index (κ3) is 3.51. The topological polar surface area (TPSA) is 113 Å². The summed E-state index contributed by atoms with van der Waals surface area (Å²) in [6.45, 7) is 5.50. The zero-order valence-corrected chi connectivity index (χ0v) is 18.5. The molecule has 3 saturated carbocycles. The van der Waals surface area contributed by atoms with E-state index in [2.05, 4.69) is 19.3 Å². The molecule has 0 amide bonds. The van der Waals surface area contributed by atoms with Crippen LogP contribution in [0.2, 0.25) is 0 Å². The number of fused-ring (bicyclic) bond motifs is 5. The van der Waals surface area contributed by atoms with E-state index in [-0.39, 0.29) is 53.8 Å². The van der Waals surface area contributed by atoms with Crippen molar-refractivity contribution in [1.82, 2.24) is 5.48 Å². The smallest absolute Gasteiger partial charge is 0.303 e. The van der Waals surface area contributed by atoms with Gasteiger partial charge in [0.2, 0.25) is 0 Å². The van der Waals surface area contributed by atoms with Gasteiger partial charge in [-0.3, -0.25) is 14.4 Å². The van der Waals surface area contributed by atoms with Crippen LogP contribution >= 0.6 is 0 Å². The molecule has 7 nitrogen and oxygen atoms in total. The van der Waals surface area contributed by atoms with E-state index in [0.29, 0.717) is 6.42 Å². The van der Waals surface area contributed by atoms with Crippen molar-refractivity contribution in [3.63, 3.8) is 0 Å². The molecule has 4 aliphatic carbocycles. The number of aliphatic hydroxyl groups excluding tert-OH is 1. The van der Waals surface area contributed by atoms with Crippen LogP contribution in [0.3, 0.4) is 0 Å². The lowest BCUT2D eigenvalue weighted by atomic mass is 9.46. The predicted molar refractivity (Wildman–Crippen MR) is 112 cm³/mol. The van der Waals surface area contributed by atoms with E-state index in [1.54, 1.807) is 12.2 Å². The van der Waals surface area contributed by atoms with Gasteiger partial charge in [-0.2, -0.15) is 0 Å². The molecule has 4 aliphatic rings. The van der Waals surface area contributed by atoms with Crippen LogP contribution in [0.4, 0.5) is 0 Å². The first-order chi connectivity index (χ1) is 14.6. The Morgan fingerprint density at radius 1 is 1.32 bits per heavy atom. The van der Waals surface area contributed by atoms with Crippen LogP contribution in [0.15, 0.2) is 23.8 Å². The Balaban J connectivity index is 1.68. The second-order valence-electron chi connectivity index (χ2n) is 10.4. The summed E-state index contributed by atoms with van der Waals surface area (Å²) < 4.78 is 5.02. The number of aliphatic hydroxyl groups is 1. The fourth-order valence-corrected chi connectivity index (χ4v) is 7.72. The molecule has 0 aliphatic heterocycles. The Morgan fingerprint density at radius 2 is 2.06 bits per heavy atom. The molecule has 3 fully saturated rings. The fraction of sp³-hybridized carbons (Fsp3) is 0.708. The summed E-state index contributed by atoms with van der Waals surface area (Å²) in [5.74, 6) is -0.727. The Kier molecular flexibility index (Phi) is 5.73. The van der Waals surface area contributed by atoms with Gasteiger partial charge in [-0.05, 0) is 61.0 Å². The third-order valence-electron chi connectivity index (χ3n) is 8.79. The molecule has 8 atom stereocenters. The van der Waals surface area contributed by atoms with Gasteiger partial charge in [-0.25, -0.2) is 5.48 Å². The number of ketones is 2. The van der Waals surface area contributed by atoms with Crippen molar-refractivity contribution in [2.24, 2.45) is 40.4 Å². The maximum absolute atomic E-state index is 13.2. The summed E-state index contributed by atoms with van der Waals surface area (Å²) in [4.78, 5) is 36.4. The van der Waals surface area contributed by atoms with E-state index in [9.17, 15) is 24.7 Å². The lowest BCUT2D eigenvalue weighted by molar-refractivity contribution is -0.153. The van der Waals surface area contributed by atoms with Gasteiger partial charge < -0.3 is 15.1 Å². The van der Waals surface area contributed by atoms with Gasteiger partial charge in [0, 0.05) is 30.7 Å². The number of hydrogen-bond acceptors (Lipinski definition) is 7. The molecule has 170 valence electrons. The Morgan fingerprint density at radius 3 is 2.74 bits per heavy atom. The largest absolute Gasteiger partial charge is 0.458 e. The van der Waals surface area contributed by atoms with Crippen LogP contribution in [-0.4, -0.2) is 47.1 Å². The summed E-state index contributed by atoms with van der Waals surface area (Å²) in [7, 11) is 0. The number of carbonyl (C=O) groups excluding carboxylic acids is 3. The van der Waals surface area contributed by atoms with E-state index in [1.807, 2.05) is 6.08 Å². The standard InChI is InChI=1S/C24H33NO6/c1-13(26)31-12-20(29)21-14(11-25-30)8-18-17-5-4-15-9-16(27)6-7-23(15,2)22(17)19(28)10-24(18,21)3/h6-7,9,14,17-19,21-22,25,28,30H,4-5,8,10-12H2,1-3H3/t14-,17-,18?,19-,21+,22?,23-,24-/m0/s1. The van der Waals surface area contributed by atoms with Gasteiger partial charge in [0.1, 0.15) is 6.61 Å². The first-order valence-electron chi connectivity index (χ1n) is 11.3. The number of ether oxygens (including phenoxy) is 1. The average molecular weight is 432 g/mol. The molecule has 3 N–H and O–H groups in total. The molecule has 0 heterocycles. The SMILES string of the molecule is CC(=O)OCC(=O)[C@H]1[C@H](CNO)CC2[C@@H]3CCC4=CC(=O)C=C[C@]4(C)C3[C@@H](O)C[C@@]21C. The Hall–Kier alpha value is -1.83. The highest BCUT2D eigenvalue weighted by Gasteiger charge is 2.64. The second kappa shape index (κ2) is 7.94. The molecule has 0 aromatic heterocycles. The molecular weight excluding hydrogens is 398 g/mol. The number of esters is 1. The fourth-order valence-electron chi connectivity index (χ4n) is 7.72. The van der Waals surface area contributed by atoms with Gasteiger partial charge in [0.15, 0.2) is 11.6 Å². The summed E-state index contributed by atoms with van der Waals surface area (Å²) in [5.41, 5.74) is 2.54. The highest BCUT2D eigenvalue weighted by molar-refractivity contribution is 6.01. The zero-order chi connectivity index (χ0) is 22.6. The quantitative estimate of drug-likeness (QED) is 0.452. The second-order valence-corrected chi connectivity index (χ2v) is 10.4. The minimum absolute atomic E-state index is 0.00662. The molecule has 4 rings (SSSR count). The molecule has 2 unspecified atom stereocenters. The highest BCUT2D eigenvalue weighted by Crippen LogP contribution is 2.67. The maximum Gasteiger partial charge on any atom is 0.303 e. The maximum atomic E-state index is 13.2. The molecule has 0 aromatic carbocycles. The van der Waals surface area contributed by atoms with Crippen molar-refractivity contribution in [2.75, 3.05) is 13.2 Å². The van der Waals surface area contributed by atoms with Crippen molar-refractivity contribution in [3.8, 4) is 0 Å². The average Bonchev–Trinajstić information content (AvgIpc) is 2.98. The summed E-state index contributed by atoms with van der Waals surface area (Å²) >= 11 is 0. The zero-order valence-electron chi connectivity index (χ0n) is 18.5. The van der Waals surface area contributed by atoms with Crippen LogP contribution in [0.5, 0.6) is 0 Å². The number of allylic oxidation sites excluding steroid dienone is 4. The number of rotatable bonds is 5. The summed E-state index contributed by atoms with van der Waals surface area (Å²) in [6.07, 6.45) is 7.63. The highest BCUT2D eigenvalue weighted by atomic mass is 16.5. The van der Waals surface area contributed by atoms with E-state index < -0.39 is 23.4 Å². The molecule has 0 radical (unpaired) electrons. The first-order valence-corrected chi connectivity index (χ1v) is 11.3. The van der Waals surface area contributed by atoms with Gasteiger partial charge >= 0.3 is 5.97 Å². The van der Waals surface area contributed by atoms with Crippen molar-refractivity contribution in [3.05, 3.63) is 23.8 Å². The molecule has 0 saturated heterocycles. The van der Waals surface area contributed by atoms with E-state index in [1.165, 1.54) is 6.92 Å². The van der Waals surface area contributed by atoms with Crippen LogP contribution in [-0.2, 0) is 19.1 Å². The summed E-state index contributed by atoms with van der Waals surface area (Å²) in [6, 6.07) is 0. The lowest BCUT2D eigenvalue weighted by Crippen LogP contribution is -2.56. The lowest BCUT2D eigenvalue weighted by Gasteiger charge is -2.58. The van der Waals surface area contributed by atoms with Crippen molar-refractivity contribution in [2.45, 2.75) is 52.6 Å². The molecular formula is C24H33NO6. The number of carbonyl (C=O) groups is 3. The van der Waals surface area contributed by atoms with Gasteiger partial charge in [-0.1, -0.05) is 25.5 Å². The molecule has 31 heavy (non-hydrogen) atoms. The first kappa shape index (κ1) is 22.4. The minimum atomic E-state index is -0.609. The number of hydroxylamine groups is 1. The molecule has 7 heteroatoms. The number of Topliss-reactive ketones (excluding diaryl/α,β-unsaturated/α-hetero) is 1. The molecule has 0 bridgehead atoms. The number of hydrogen-bond donors (Lipinski definition) is 3. The van der Waals surface area contributed by atoms with Crippen molar-refractivity contribution in [1.29, 1.82) is 0 Å². The van der Waals surface area contributed by atoms with E-state index >= 15 is 0 Å². The number of nitrogens with one attached hydrogen (secondary N) is 1. The van der Waals surface area contributed by atoms with Crippen LogP contribution < -0.4 is 5.48 Å². The van der Waals surface area contributed by atoms with Gasteiger partial charge in [0.05, 0.1) is 6.10 Å². The Labute approximate surface area is 182 Å².